The Hall–Kier alpha value is -1.30. The van der Waals surface area contributed by atoms with Gasteiger partial charge in [0.05, 0.1) is 5.92 Å². The van der Waals surface area contributed by atoms with Crippen molar-refractivity contribution < 1.29 is 9.53 Å². The summed E-state index contributed by atoms with van der Waals surface area (Å²) >= 11 is 6.07. The summed E-state index contributed by atoms with van der Waals surface area (Å²) in [6.45, 7) is 6.49. The SMILES string of the molecule is O=C(C1COc2ccc(Cl)cc2C1)N1CCC(N2CCNCC2)C1. The topological polar surface area (TPSA) is 44.8 Å². The van der Waals surface area contributed by atoms with Gasteiger partial charge in [0, 0.05) is 50.3 Å². The summed E-state index contributed by atoms with van der Waals surface area (Å²) in [5, 5.41) is 4.09. The lowest BCUT2D eigenvalue weighted by atomic mass is 9.95. The van der Waals surface area contributed by atoms with Crippen molar-refractivity contribution in [3.05, 3.63) is 28.8 Å². The first-order valence-electron chi connectivity index (χ1n) is 8.85. The zero-order valence-corrected chi connectivity index (χ0v) is 14.6. The quantitative estimate of drug-likeness (QED) is 0.876. The van der Waals surface area contributed by atoms with Crippen molar-refractivity contribution in [2.24, 2.45) is 5.92 Å². The number of carbonyl (C=O) groups is 1. The van der Waals surface area contributed by atoms with E-state index in [0.29, 0.717) is 17.7 Å². The molecule has 0 saturated carbocycles. The molecule has 0 aliphatic carbocycles. The van der Waals surface area contributed by atoms with Gasteiger partial charge in [-0.3, -0.25) is 9.69 Å². The molecule has 3 aliphatic rings. The number of benzene rings is 1. The lowest BCUT2D eigenvalue weighted by Crippen LogP contribution is -2.49. The van der Waals surface area contributed by atoms with Crippen LogP contribution in [-0.4, -0.2) is 67.6 Å². The monoisotopic (exact) mass is 349 g/mol. The molecule has 5 nitrogen and oxygen atoms in total. The number of halogens is 1. The summed E-state index contributed by atoms with van der Waals surface area (Å²) in [4.78, 5) is 17.5. The van der Waals surface area contributed by atoms with Crippen LogP contribution in [0.5, 0.6) is 5.75 Å². The summed E-state index contributed by atoms with van der Waals surface area (Å²) in [6, 6.07) is 6.17. The molecule has 130 valence electrons. The van der Waals surface area contributed by atoms with Gasteiger partial charge in [0.25, 0.3) is 0 Å². The maximum Gasteiger partial charge on any atom is 0.229 e. The lowest BCUT2D eigenvalue weighted by Gasteiger charge is -2.33. The third kappa shape index (κ3) is 3.25. The summed E-state index contributed by atoms with van der Waals surface area (Å²) in [6.07, 6.45) is 1.81. The molecule has 3 aliphatic heterocycles. The number of nitrogens with one attached hydrogen (secondary N) is 1. The van der Waals surface area contributed by atoms with Crippen molar-refractivity contribution in [2.45, 2.75) is 18.9 Å². The van der Waals surface area contributed by atoms with Crippen LogP contribution in [0.3, 0.4) is 0 Å². The number of fused-ring (bicyclic) bond motifs is 1. The Labute approximate surface area is 147 Å². The summed E-state index contributed by atoms with van der Waals surface area (Å²) < 4.78 is 5.79. The van der Waals surface area contributed by atoms with Crippen LogP contribution in [0.2, 0.25) is 5.02 Å². The first-order chi connectivity index (χ1) is 11.7. The van der Waals surface area contributed by atoms with Gasteiger partial charge in [-0.25, -0.2) is 0 Å². The highest BCUT2D eigenvalue weighted by Gasteiger charge is 2.35. The number of piperazine rings is 1. The predicted molar refractivity (Wildman–Crippen MR) is 93.6 cm³/mol. The standard InChI is InChI=1S/C18H24ClN3O2/c19-15-1-2-17-13(10-15)9-14(12-24-17)18(23)22-6-3-16(11-22)21-7-4-20-5-8-21/h1-2,10,14,16,20H,3-9,11-12H2. The zero-order chi connectivity index (χ0) is 16.5. The molecule has 3 heterocycles. The van der Waals surface area contributed by atoms with Crippen LogP contribution >= 0.6 is 11.6 Å². The van der Waals surface area contributed by atoms with Crippen LogP contribution in [-0.2, 0) is 11.2 Å². The zero-order valence-electron chi connectivity index (χ0n) is 13.8. The maximum absolute atomic E-state index is 12.9. The number of ether oxygens (including phenoxy) is 1. The van der Waals surface area contributed by atoms with Crippen molar-refractivity contribution >= 4 is 17.5 Å². The number of rotatable bonds is 2. The average molecular weight is 350 g/mol. The molecule has 0 spiro atoms. The number of likely N-dealkylation sites (tertiary alicyclic amines) is 1. The molecule has 2 fully saturated rings. The van der Waals surface area contributed by atoms with Crippen molar-refractivity contribution in [3.8, 4) is 5.75 Å². The number of carbonyl (C=O) groups excluding carboxylic acids is 1. The van der Waals surface area contributed by atoms with E-state index in [1.54, 1.807) is 0 Å². The molecule has 6 heteroatoms. The largest absolute Gasteiger partial charge is 0.492 e. The Morgan fingerprint density at radius 1 is 1.25 bits per heavy atom. The minimum absolute atomic E-state index is 0.0854. The predicted octanol–water partition coefficient (Wildman–Crippen LogP) is 1.40. The summed E-state index contributed by atoms with van der Waals surface area (Å²) in [5.74, 6) is 1.01. The van der Waals surface area contributed by atoms with Crippen molar-refractivity contribution in [1.29, 1.82) is 0 Å². The van der Waals surface area contributed by atoms with E-state index in [-0.39, 0.29) is 11.8 Å². The van der Waals surface area contributed by atoms with Crippen LogP contribution in [0.1, 0.15) is 12.0 Å². The van der Waals surface area contributed by atoms with Gasteiger partial charge in [0.15, 0.2) is 0 Å². The van der Waals surface area contributed by atoms with E-state index < -0.39 is 0 Å². The third-order valence-electron chi connectivity index (χ3n) is 5.42. The van der Waals surface area contributed by atoms with Gasteiger partial charge in [-0.05, 0) is 36.6 Å². The fourth-order valence-corrected chi connectivity index (χ4v) is 4.26. The summed E-state index contributed by atoms with van der Waals surface area (Å²) in [7, 11) is 0. The Bertz CT molecular complexity index is 618. The Kier molecular flexibility index (Phi) is 4.66. The first kappa shape index (κ1) is 16.2. The second-order valence-corrected chi connectivity index (χ2v) is 7.41. The Morgan fingerprint density at radius 2 is 2.08 bits per heavy atom. The van der Waals surface area contributed by atoms with Gasteiger partial charge in [-0.1, -0.05) is 11.6 Å². The van der Waals surface area contributed by atoms with E-state index in [1.807, 2.05) is 23.1 Å². The van der Waals surface area contributed by atoms with E-state index in [1.165, 1.54) is 0 Å². The second-order valence-electron chi connectivity index (χ2n) is 6.98. The molecule has 1 aromatic rings. The molecule has 2 saturated heterocycles. The number of hydrogen-bond donors (Lipinski definition) is 1. The molecule has 1 amide bonds. The molecule has 0 bridgehead atoms. The molecular weight excluding hydrogens is 326 g/mol. The van der Waals surface area contributed by atoms with E-state index >= 15 is 0 Å². The van der Waals surface area contributed by atoms with Gasteiger partial charge >= 0.3 is 0 Å². The molecule has 0 radical (unpaired) electrons. The highest BCUT2D eigenvalue weighted by molar-refractivity contribution is 6.30. The highest BCUT2D eigenvalue weighted by atomic mass is 35.5. The van der Waals surface area contributed by atoms with Crippen LogP contribution in [0.25, 0.3) is 0 Å². The Balaban J connectivity index is 1.38. The fourth-order valence-electron chi connectivity index (χ4n) is 4.07. The van der Waals surface area contributed by atoms with Crippen molar-refractivity contribution in [1.82, 2.24) is 15.1 Å². The summed E-state index contributed by atoms with van der Waals surface area (Å²) in [5.41, 5.74) is 1.05. The van der Waals surface area contributed by atoms with Crippen LogP contribution in [0.15, 0.2) is 18.2 Å². The number of amides is 1. The lowest BCUT2D eigenvalue weighted by molar-refractivity contribution is -0.136. The molecule has 0 aromatic heterocycles. The van der Waals surface area contributed by atoms with Gasteiger partial charge in [0.1, 0.15) is 12.4 Å². The molecule has 1 N–H and O–H groups in total. The first-order valence-corrected chi connectivity index (χ1v) is 9.23. The van der Waals surface area contributed by atoms with Crippen LogP contribution in [0, 0.1) is 5.92 Å². The number of nitrogens with zero attached hydrogens (tertiary/aromatic N) is 2. The van der Waals surface area contributed by atoms with Gasteiger partial charge in [0.2, 0.25) is 5.91 Å². The van der Waals surface area contributed by atoms with E-state index in [2.05, 4.69) is 10.2 Å². The second kappa shape index (κ2) is 6.90. The van der Waals surface area contributed by atoms with Crippen LogP contribution < -0.4 is 10.1 Å². The molecule has 2 atom stereocenters. The van der Waals surface area contributed by atoms with E-state index in [0.717, 1.165) is 63.4 Å². The molecule has 1 aromatic carbocycles. The maximum atomic E-state index is 12.9. The molecule has 4 rings (SSSR count). The smallest absolute Gasteiger partial charge is 0.229 e. The van der Waals surface area contributed by atoms with Gasteiger partial charge in [-0.15, -0.1) is 0 Å². The third-order valence-corrected chi connectivity index (χ3v) is 5.66. The van der Waals surface area contributed by atoms with Crippen LogP contribution in [0.4, 0.5) is 0 Å². The van der Waals surface area contributed by atoms with Crippen molar-refractivity contribution in [3.63, 3.8) is 0 Å². The van der Waals surface area contributed by atoms with E-state index in [9.17, 15) is 4.79 Å². The average Bonchev–Trinajstić information content (AvgIpc) is 3.11. The fraction of sp³-hybridized carbons (Fsp3) is 0.611. The minimum Gasteiger partial charge on any atom is -0.492 e. The molecule has 24 heavy (non-hydrogen) atoms. The number of hydrogen-bond acceptors (Lipinski definition) is 4. The van der Waals surface area contributed by atoms with Gasteiger partial charge < -0.3 is 15.0 Å². The minimum atomic E-state index is -0.0854. The van der Waals surface area contributed by atoms with Gasteiger partial charge in [-0.2, -0.15) is 0 Å². The normalized spacial score (nSPS) is 27.6. The molecule has 2 unspecified atom stereocenters. The highest BCUT2D eigenvalue weighted by Crippen LogP contribution is 2.31. The molecular formula is C18H24ClN3O2. The van der Waals surface area contributed by atoms with E-state index in [4.69, 9.17) is 16.3 Å². The Morgan fingerprint density at radius 3 is 2.92 bits per heavy atom. The van der Waals surface area contributed by atoms with Crippen molar-refractivity contribution in [2.75, 3.05) is 45.9 Å².